The maximum Gasteiger partial charge on any atom is 0.267 e. The molecule has 6 nitrogen and oxygen atoms in total. The molecule has 3 aromatic rings. The number of anilines is 1. The summed E-state index contributed by atoms with van der Waals surface area (Å²) in [6.45, 7) is -0.0666. The fourth-order valence-electron chi connectivity index (χ4n) is 2.00. The number of halogens is 1. The van der Waals surface area contributed by atoms with Gasteiger partial charge in [0.15, 0.2) is 0 Å². The highest BCUT2D eigenvalue weighted by Gasteiger charge is 2.27. The van der Waals surface area contributed by atoms with Gasteiger partial charge in [-0.3, -0.25) is 4.98 Å². The minimum absolute atomic E-state index is 0.0666. The molecule has 0 aliphatic heterocycles. The van der Waals surface area contributed by atoms with E-state index in [2.05, 4.69) is 9.97 Å². The molecule has 0 N–H and O–H groups in total. The van der Waals surface area contributed by atoms with Crippen molar-refractivity contribution in [1.29, 1.82) is 0 Å². The van der Waals surface area contributed by atoms with Gasteiger partial charge in [-0.25, -0.2) is 22.1 Å². The van der Waals surface area contributed by atoms with Crippen LogP contribution in [0.15, 0.2) is 70.6 Å². The monoisotopic (exact) mass is 333 g/mol. The first-order valence-electron chi connectivity index (χ1n) is 6.64. The van der Waals surface area contributed by atoms with E-state index in [0.717, 1.165) is 22.8 Å². The van der Waals surface area contributed by atoms with Crippen LogP contribution in [-0.4, -0.2) is 18.4 Å². The summed E-state index contributed by atoms with van der Waals surface area (Å²) in [5.41, 5.74) is 0. The van der Waals surface area contributed by atoms with Crippen LogP contribution in [0.5, 0.6) is 0 Å². The Morgan fingerprint density at radius 1 is 1.17 bits per heavy atom. The van der Waals surface area contributed by atoms with Gasteiger partial charge in [0.25, 0.3) is 10.0 Å². The zero-order valence-electron chi connectivity index (χ0n) is 11.8. The smallest absolute Gasteiger partial charge is 0.267 e. The van der Waals surface area contributed by atoms with Crippen molar-refractivity contribution >= 4 is 15.8 Å². The van der Waals surface area contributed by atoms with Crippen molar-refractivity contribution in [2.75, 3.05) is 4.31 Å². The van der Waals surface area contributed by atoms with E-state index < -0.39 is 15.8 Å². The van der Waals surface area contributed by atoms with E-state index in [0.29, 0.717) is 5.76 Å². The predicted molar refractivity (Wildman–Crippen MR) is 80.5 cm³/mol. The normalized spacial score (nSPS) is 11.3. The Morgan fingerprint density at radius 2 is 2.04 bits per heavy atom. The van der Waals surface area contributed by atoms with E-state index in [9.17, 15) is 12.8 Å². The van der Waals surface area contributed by atoms with Crippen LogP contribution in [0.2, 0.25) is 0 Å². The van der Waals surface area contributed by atoms with E-state index in [1.165, 1.54) is 12.5 Å². The van der Waals surface area contributed by atoms with Gasteiger partial charge in [-0.2, -0.15) is 0 Å². The highest BCUT2D eigenvalue weighted by Crippen LogP contribution is 2.24. The van der Waals surface area contributed by atoms with Crippen molar-refractivity contribution in [3.63, 3.8) is 0 Å². The molecule has 0 aromatic carbocycles. The quantitative estimate of drug-likeness (QED) is 0.717. The third kappa shape index (κ3) is 3.21. The van der Waals surface area contributed by atoms with Crippen LogP contribution in [0, 0.1) is 5.82 Å². The maximum absolute atomic E-state index is 13.4. The molecular weight excluding hydrogens is 321 g/mol. The van der Waals surface area contributed by atoms with Gasteiger partial charge in [0.05, 0.1) is 19.0 Å². The molecule has 0 bridgehead atoms. The van der Waals surface area contributed by atoms with Crippen LogP contribution in [0.3, 0.4) is 0 Å². The molecule has 0 saturated carbocycles. The number of sulfonamides is 1. The topological polar surface area (TPSA) is 76.3 Å². The van der Waals surface area contributed by atoms with Crippen molar-refractivity contribution in [2.45, 2.75) is 11.4 Å². The lowest BCUT2D eigenvalue weighted by molar-refractivity contribution is 0.508. The second kappa shape index (κ2) is 6.17. The minimum Gasteiger partial charge on any atom is -0.467 e. The Balaban J connectivity index is 2.07. The molecule has 8 heteroatoms. The molecule has 0 aliphatic carbocycles. The van der Waals surface area contributed by atoms with Crippen LogP contribution in [0.4, 0.5) is 10.2 Å². The van der Waals surface area contributed by atoms with Crippen molar-refractivity contribution < 1.29 is 17.2 Å². The van der Waals surface area contributed by atoms with Crippen LogP contribution < -0.4 is 4.31 Å². The average molecular weight is 333 g/mol. The fourth-order valence-corrected chi connectivity index (χ4v) is 3.36. The van der Waals surface area contributed by atoms with Gasteiger partial charge in [-0.1, -0.05) is 6.07 Å². The van der Waals surface area contributed by atoms with E-state index in [1.807, 2.05) is 0 Å². The SMILES string of the molecule is O=S(=O)(c1cncc(F)c1)N(Cc1ccco1)c1ccccn1. The van der Waals surface area contributed by atoms with Gasteiger partial charge in [-0.15, -0.1) is 0 Å². The largest absolute Gasteiger partial charge is 0.467 e. The molecule has 0 saturated heterocycles. The van der Waals surface area contributed by atoms with Crippen LogP contribution in [0.1, 0.15) is 5.76 Å². The van der Waals surface area contributed by atoms with Gasteiger partial charge in [-0.05, 0) is 30.3 Å². The number of rotatable bonds is 5. The van der Waals surface area contributed by atoms with Crippen LogP contribution in [-0.2, 0) is 16.6 Å². The Bertz CT molecular complexity index is 883. The van der Waals surface area contributed by atoms with E-state index in [1.54, 1.807) is 30.3 Å². The number of aromatic nitrogens is 2. The molecule has 0 amide bonds. The lowest BCUT2D eigenvalue weighted by Gasteiger charge is -2.22. The molecule has 0 aliphatic rings. The summed E-state index contributed by atoms with van der Waals surface area (Å²) in [5, 5.41) is 0. The lowest BCUT2D eigenvalue weighted by atomic mass is 10.4. The summed E-state index contributed by atoms with van der Waals surface area (Å²) >= 11 is 0. The number of hydrogen-bond acceptors (Lipinski definition) is 5. The van der Waals surface area contributed by atoms with Crippen LogP contribution in [0.25, 0.3) is 0 Å². The van der Waals surface area contributed by atoms with E-state index >= 15 is 0 Å². The van der Waals surface area contributed by atoms with Gasteiger partial charge in [0.1, 0.15) is 22.3 Å². The van der Waals surface area contributed by atoms with Gasteiger partial charge >= 0.3 is 0 Å². The molecular formula is C15H12FN3O3S. The highest BCUT2D eigenvalue weighted by molar-refractivity contribution is 7.92. The predicted octanol–water partition coefficient (Wildman–Crippen LogP) is 2.60. The molecule has 0 spiro atoms. The summed E-state index contributed by atoms with van der Waals surface area (Å²) in [5.74, 6) is -0.0956. The summed E-state index contributed by atoms with van der Waals surface area (Å²) in [7, 11) is -4.04. The third-order valence-electron chi connectivity index (χ3n) is 3.05. The Kier molecular flexibility index (Phi) is 4.07. The molecule has 23 heavy (non-hydrogen) atoms. The van der Waals surface area contributed by atoms with Crippen molar-refractivity contribution in [2.24, 2.45) is 0 Å². The summed E-state index contributed by atoms with van der Waals surface area (Å²) < 4.78 is 45.3. The summed E-state index contributed by atoms with van der Waals surface area (Å²) in [6, 6.07) is 9.10. The second-order valence-electron chi connectivity index (χ2n) is 4.62. The van der Waals surface area contributed by atoms with Crippen molar-refractivity contribution in [1.82, 2.24) is 9.97 Å². The fraction of sp³-hybridized carbons (Fsp3) is 0.0667. The Labute approximate surface area is 132 Å². The molecule has 0 fully saturated rings. The number of pyridine rings is 2. The number of hydrogen-bond donors (Lipinski definition) is 0. The molecule has 0 radical (unpaired) electrons. The average Bonchev–Trinajstić information content (AvgIpc) is 3.06. The molecule has 3 heterocycles. The first kappa shape index (κ1) is 15.2. The minimum atomic E-state index is -4.04. The number of nitrogens with zero attached hydrogens (tertiary/aromatic N) is 3. The van der Waals surface area contributed by atoms with Gasteiger partial charge in [0.2, 0.25) is 0 Å². The maximum atomic E-state index is 13.4. The molecule has 3 aromatic heterocycles. The van der Waals surface area contributed by atoms with Crippen molar-refractivity contribution in [3.05, 3.63) is 72.8 Å². The molecule has 0 atom stereocenters. The third-order valence-corrected chi connectivity index (χ3v) is 4.77. The second-order valence-corrected chi connectivity index (χ2v) is 6.48. The van der Waals surface area contributed by atoms with Crippen molar-refractivity contribution in [3.8, 4) is 0 Å². The van der Waals surface area contributed by atoms with E-state index in [4.69, 9.17) is 4.42 Å². The first-order chi connectivity index (χ1) is 11.1. The van der Waals surface area contributed by atoms with Gasteiger partial charge in [0, 0.05) is 12.4 Å². The number of furan rings is 1. The Morgan fingerprint density at radius 3 is 2.70 bits per heavy atom. The van der Waals surface area contributed by atoms with Crippen LogP contribution >= 0.6 is 0 Å². The first-order valence-corrected chi connectivity index (χ1v) is 8.08. The molecule has 0 unspecified atom stereocenters. The Hall–Kier alpha value is -2.74. The molecule has 118 valence electrons. The lowest BCUT2D eigenvalue weighted by Crippen LogP contribution is -2.31. The standard InChI is InChI=1S/C15H12FN3O3S/c16-12-8-14(10-17-9-12)23(20,21)19(11-13-4-3-7-22-13)15-5-1-2-6-18-15/h1-10H,11H2. The summed E-state index contributed by atoms with van der Waals surface area (Å²) in [6.07, 6.45) is 4.96. The molecule has 3 rings (SSSR count). The zero-order valence-corrected chi connectivity index (χ0v) is 12.6. The zero-order chi connectivity index (χ0) is 16.3. The van der Waals surface area contributed by atoms with E-state index in [-0.39, 0.29) is 17.3 Å². The van der Waals surface area contributed by atoms with Gasteiger partial charge < -0.3 is 4.42 Å². The summed E-state index contributed by atoms with van der Waals surface area (Å²) in [4.78, 5) is 7.41. The highest BCUT2D eigenvalue weighted by atomic mass is 32.2.